The predicted octanol–water partition coefficient (Wildman–Crippen LogP) is 12.7. The Labute approximate surface area is 267 Å². The van der Waals surface area contributed by atoms with Crippen LogP contribution in [0.1, 0.15) is 25.3 Å². The van der Waals surface area contributed by atoms with Gasteiger partial charge < -0.3 is 4.90 Å². The van der Waals surface area contributed by atoms with Crippen molar-refractivity contribution < 1.29 is 0 Å². The average molecular weight is 580 g/mol. The lowest BCUT2D eigenvalue weighted by Crippen LogP contribution is -2.09. The van der Waals surface area contributed by atoms with E-state index in [-0.39, 0.29) is 0 Å². The molecule has 0 radical (unpaired) electrons. The molecule has 0 amide bonds. The molecule has 0 aromatic heterocycles. The lowest BCUT2D eigenvalue weighted by atomic mass is 9.84. The van der Waals surface area contributed by atoms with E-state index in [1.807, 2.05) is 0 Å². The quantitative estimate of drug-likeness (QED) is 0.164. The van der Waals surface area contributed by atoms with Crippen molar-refractivity contribution in [2.24, 2.45) is 0 Å². The van der Waals surface area contributed by atoms with Gasteiger partial charge in [0.05, 0.1) is 0 Å². The summed E-state index contributed by atoms with van der Waals surface area (Å²) in [4.78, 5) is 2.32. The number of para-hydroxylation sites is 2. The molecular weight excluding hydrogens is 542 g/mol. The minimum atomic E-state index is 1.09. The third-order valence-electron chi connectivity index (χ3n) is 8.63. The molecule has 0 aliphatic carbocycles. The second-order valence-electron chi connectivity index (χ2n) is 11.6. The number of unbranched alkanes of at least 4 members (excludes halogenated alkanes) is 1. The number of rotatable bonds is 9. The van der Waals surface area contributed by atoms with E-state index in [1.165, 1.54) is 62.6 Å². The molecule has 7 rings (SSSR count). The highest BCUT2D eigenvalue weighted by atomic mass is 15.1. The number of aryl methyl sites for hydroxylation is 1. The number of hydrogen-bond donors (Lipinski definition) is 0. The maximum Gasteiger partial charge on any atom is 0.0462 e. The molecule has 45 heavy (non-hydrogen) atoms. The van der Waals surface area contributed by atoms with Gasteiger partial charge in [-0.1, -0.05) is 141 Å². The van der Waals surface area contributed by atoms with Gasteiger partial charge in [-0.05, 0) is 105 Å². The number of benzene rings is 7. The lowest BCUT2D eigenvalue weighted by Gasteiger charge is -2.25. The smallest absolute Gasteiger partial charge is 0.0462 e. The fourth-order valence-corrected chi connectivity index (χ4v) is 6.40. The summed E-state index contributed by atoms with van der Waals surface area (Å²) < 4.78 is 0. The third-order valence-corrected chi connectivity index (χ3v) is 8.63. The first-order valence-electron chi connectivity index (χ1n) is 16.0. The van der Waals surface area contributed by atoms with Crippen LogP contribution in [-0.4, -0.2) is 0 Å². The maximum atomic E-state index is 2.45. The van der Waals surface area contributed by atoms with Crippen molar-refractivity contribution in [2.45, 2.75) is 26.2 Å². The van der Waals surface area contributed by atoms with Gasteiger partial charge in [-0.3, -0.25) is 0 Å². The van der Waals surface area contributed by atoms with Crippen molar-refractivity contribution in [1.82, 2.24) is 0 Å². The highest BCUT2D eigenvalue weighted by Gasteiger charge is 2.18. The fraction of sp³-hybridized carbons (Fsp3) is 0.0909. The molecule has 0 heterocycles. The van der Waals surface area contributed by atoms with Crippen molar-refractivity contribution in [3.05, 3.63) is 175 Å². The summed E-state index contributed by atoms with van der Waals surface area (Å²) in [5, 5.41) is 2.59. The summed E-state index contributed by atoms with van der Waals surface area (Å²) in [7, 11) is 0. The van der Waals surface area contributed by atoms with Gasteiger partial charge in [0, 0.05) is 17.1 Å². The van der Waals surface area contributed by atoms with Crippen molar-refractivity contribution in [2.75, 3.05) is 4.90 Å². The van der Waals surface area contributed by atoms with Gasteiger partial charge >= 0.3 is 0 Å². The molecule has 218 valence electrons. The standard InChI is InChI=1S/C44H37N/c1-2-3-16-33-25-30-40-41(32-42(34-17-8-4-9-18-34)44(43(40)31-33)36-19-10-5-11-20-36)35-26-28-39(29-27-35)45(37-21-12-6-13-22-37)38-23-14-7-15-24-38/h4-15,17-32H,2-3,16H2,1H3. The van der Waals surface area contributed by atoms with E-state index < -0.39 is 0 Å². The first-order valence-corrected chi connectivity index (χ1v) is 16.0. The molecule has 7 aromatic rings. The van der Waals surface area contributed by atoms with Gasteiger partial charge in [0.15, 0.2) is 0 Å². The van der Waals surface area contributed by atoms with Crippen LogP contribution in [0.4, 0.5) is 17.1 Å². The van der Waals surface area contributed by atoms with Gasteiger partial charge in [0.2, 0.25) is 0 Å². The average Bonchev–Trinajstić information content (AvgIpc) is 3.12. The van der Waals surface area contributed by atoms with E-state index in [0.29, 0.717) is 0 Å². The van der Waals surface area contributed by atoms with Crippen LogP contribution in [0.2, 0.25) is 0 Å². The Hall–Kier alpha value is -5.40. The van der Waals surface area contributed by atoms with Gasteiger partial charge in [-0.2, -0.15) is 0 Å². The van der Waals surface area contributed by atoms with Crippen LogP contribution in [0.3, 0.4) is 0 Å². The Balaban J connectivity index is 1.43. The van der Waals surface area contributed by atoms with Gasteiger partial charge in [-0.15, -0.1) is 0 Å². The lowest BCUT2D eigenvalue weighted by molar-refractivity contribution is 0.796. The molecule has 0 aliphatic heterocycles. The summed E-state index contributed by atoms with van der Waals surface area (Å²) in [6, 6.07) is 61.5. The minimum absolute atomic E-state index is 1.09. The first-order chi connectivity index (χ1) is 22.3. The van der Waals surface area contributed by atoms with Crippen LogP contribution in [0.5, 0.6) is 0 Å². The Kier molecular flexibility index (Phi) is 8.25. The molecule has 0 fully saturated rings. The Morgan fingerprint density at radius 1 is 0.422 bits per heavy atom. The molecule has 0 bridgehead atoms. The maximum absolute atomic E-state index is 2.45. The fourth-order valence-electron chi connectivity index (χ4n) is 6.40. The molecule has 0 atom stereocenters. The normalized spacial score (nSPS) is 11.0. The van der Waals surface area contributed by atoms with E-state index in [0.717, 1.165) is 23.5 Å². The molecule has 1 nitrogen and oxygen atoms in total. The summed E-state index contributed by atoms with van der Waals surface area (Å²) in [5.74, 6) is 0. The van der Waals surface area contributed by atoms with Crippen LogP contribution in [0.25, 0.3) is 44.2 Å². The van der Waals surface area contributed by atoms with Crippen LogP contribution < -0.4 is 4.90 Å². The summed E-state index contributed by atoms with van der Waals surface area (Å²) in [6.45, 7) is 2.27. The van der Waals surface area contributed by atoms with E-state index in [1.54, 1.807) is 0 Å². The zero-order valence-corrected chi connectivity index (χ0v) is 25.7. The zero-order valence-electron chi connectivity index (χ0n) is 25.7. The first kappa shape index (κ1) is 28.4. The van der Waals surface area contributed by atoms with Crippen LogP contribution in [-0.2, 0) is 6.42 Å². The molecule has 0 saturated carbocycles. The van der Waals surface area contributed by atoms with Crippen LogP contribution >= 0.6 is 0 Å². The Morgan fingerprint density at radius 3 is 1.51 bits per heavy atom. The molecule has 0 N–H and O–H groups in total. The molecule has 0 unspecified atom stereocenters. The van der Waals surface area contributed by atoms with E-state index in [9.17, 15) is 0 Å². The highest BCUT2D eigenvalue weighted by molar-refractivity contribution is 6.11. The SMILES string of the molecule is CCCCc1ccc2c(-c3ccc(N(c4ccccc4)c4ccccc4)cc3)cc(-c3ccccc3)c(-c3ccccc3)c2c1. The van der Waals surface area contributed by atoms with E-state index in [2.05, 4.69) is 182 Å². The Morgan fingerprint density at radius 2 is 0.933 bits per heavy atom. The molecular formula is C44H37N. The van der Waals surface area contributed by atoms with Crippen LogP contribution in [0.15, 0.2) is 170 Å². The third kappa shape index (κ3) is 5.90. The van der Waals surface area contributed by atoms with Crippen LogP contribution in [0, 0.1) is 0 Å². The van der Waals surface area contributed by atoms with Crippen molar-refractivity contribution in [1.29, 1.82) is 0 Å². The van der Waals surface area contributed by atoms with E-state index >= 15 is 0 Å². The van der Waals surface area contributed by atoms with Gasteiger partial charge in [0.25, 0.3) is 0 Å². The molecule has 0 aliphatic rings. The summed E-state index contributed by atoms with van der Waals surface area (Å²) >= 11 is 0. The van der Waals surface area contributed by atoms with Gasteiger partial charge in [0.1, 0.15) is 0 Å². The topological polar surface area (TPSA) is 3.24 Å². The summed E-state index contributed by atoms with van der Waals surface area (Å²) in [5.41, 5.74) is 12.3. The predicted molar refractivity (Wildman–Crippen MR) is 194 cm³/mol. The second kappa shape index (κ2) is 13.1. The zero-order chi connectivity index (χ0) is 30.4. The number of anilines is 3. The molecule has 0 saturated heterocycles. The minimum Gasteiger partial charge on any atom is -0.311 e. The highest BCUT2D eigenvalue weighted by Crippen LogP contribution is 2.44. The van der Waals surface area contributed by atoms with Crippen molar-refractivity contribution in [3.63, 3.8) is 0 Å². The molecule has 0 spiro atoms. The Bertz CT molecular complexity index is 1960. The molecule has 1 heteroatoms. The largest absolute Gasteiger partial charge is 0.311 e. The number of hydrogen-bond acceptors (Lipinski definition) is 1. The summed E-state index contributed by atoms with van der Waals surface area (Å²) in [6.07, 6.45) is 3.47. The van der Waals surface area contributed by atoms with E-state index in [4.69, 9.17) is 0 Å². The number of nitrogens with zero attached hydrogens (tertiary/aromatic N) is 1. The number of fused-ring (bicyclic) bond motifs is 1. The van der Waals surface area contributed by atoms with Gasteiger partial charge in [-0.25, -0.2) is 0 Å². The second-order valence-corrected chi connectivity index (χ2v) is 11.6. The monoisotopic (exact) mass is 579 g/mol. The van der Waals surface area contributed by atoms with Crippen molar-refractivity contribution in [3.8, 4) is 33.4 Å². The van der Waals surface area contributed by atoms with Crippen molar-refractivity contribution >= 4 is 27.8 Å². The molecule has 7 aromatic carbocycles.